The van der Waals surface area contributed by atoms with Crippen molar-refractivity contribution < 1.29 is 4.79 Å². The molecular formula is C15H11NOS. The third-order valence-electron chi connectivity index (χ3n) is 2.81. The molecule has 0 spiro atoms. The summed E-state index contributed by atoms with van der Waals surface area (Å²) >= 11 is 1.65. The second-order valence-electron chi connectivity index (χ2n) is 4.12. The average molecular weight is 253 g/mol. The van der Waals surface area contributed by atoms with Gasteiger partial charge in [-0.2, -0.15) is 0 Å². The van der Waals surface area contributed by atoms with Gasteiger partial charge in [0.25, 0.3) is 0 Å². The van der Waals surface area contributed by atoms with E-state index in [0.29, 0.717) is 0 Å². The molecule has 1 heterocycles. The van der Waals surface area contributed by atoms with Crippen LogP contribution in [0.1, 0.15) is 17.3 Å². The summed E-state index contributed by atoms with van der Waals surface area (Å²) in [5, 5.41) is 0.958. The van der Waals surface area contributed by atoms with Crippen LogP contribution in [0.3, 0.4) is 0 Å². The smallest absolute Gasteiger partial charge is 0.159 e. The van der Waals surface area contributed by atoms with E-state index in [4.69, 9.17) is 0 Å². The summed E-state index contributed by atoms with van der Waals surface area (Å²) in [6.45, 7) is 1.58. The third kappa shape index (κ3) is 1.93. The van der Waals surface area contributed by atoms with Gasteiger partial charge in [0.1, 0.15) is 5.01 Å². The Kier molecular flexibility index (Phi) is 2.68. The zero-order valence-electron chi connectivity index (χ0n) is 9.88. The molecule has 0 amide bonds. The van der Waals surface area contributed by atoms with Crippen LogP contribution in [0, 0.1) is 0 Å². The first kappa shape index (κ1) is 11.1. The number of nitrogens with zero attached hydrogens (tertiary/aromatic N) is 1. The normalized spacial score (nSPS) is 10.7. The Morgan fingerprint density at radius 3 is 2.72 bits per heavy atom. The molecule has 0 unspecified atom stereocenters. The second-order valence-corrected chi connectivity index (χ2v) is 5.15. The van der Waals surface area contributed by atoms with Crippen molar-refractivity contribution in [3.63, 3.8) is 0 Å². The van der Waals surface area contributed by atoms with Crippen LogP contribution in [0.2, 0.25) is 0 Å². The fourth-order valence-electron chi connectivity index (χ4n) is 1.87. The molecule has 88 valence electrons. The molecule has 18 heavy (non-hydrogen) atoms. The largest absolute Gasteiger partial charge is 0.295 e. The minimum Gasteiger partial charge on any atom is -0.295 e. The first-order chi connectivity index (χ1) is 8.74. The fourth-order valence-corrected chi connectivity index (χ4v) is 2.83. The molecule has 0 aliphatic carbocycles. The Balaban J connectivity index is 2.13. The molecule has 0 fully saturated rings. The lowest BCUT2D eigenvalue weighted by Crippen LogP contribution is -1.91. The molecule has 0 saturated heterocycles. The number of hydrogen-bond donors (Lipinski definition) is 0. The number of para-hydroxylation sites is 1. The molecule has 2 nitrogen and oxygen atoms in total. The number of benzene rings is 2. The van der Waals surface area contributed by atoms with Crippen LogP contribution in [0.5, 0.6) is 0 Å². The number of rotatable bonds is 2. The zero-order valence-corrected chi connectivity index (χ0v) is 10.7. The van der Waals surface area contributed by atoms with Crippen LogP contribution in [0.25, 0.3) is 20.8 Å². The van der Waals surface area contributed by atoms with Crippen molar-refractivity contribution in [3.8, 4) is 10.6 Å². The molecule has 3 rings (SSSR count). The van der Waals surface area contributed by atoms with Crippen molar-refractivity contribution in [2.45, 2.75) is 6.92 Å². The van der Waals surface area contributed by atoms with Crippen molar-refractivity contribution in [3.05, 3.63) is 54.1 Å². The zero-order chi connectivity index (χ0) is 12.5. The van der Waals surface area contributed by atoms with Crippen LogP contribution in [-0.4, -0.2) is 10.8 Å². The summed E-state index contributed by atoms with van der Waals surface area (Å²) in [4.78, 5) is 16.0. The quantitative estimate of drug-likeness (QED) is 0.642. The summed E-state index contributed by atoms with van der Waals surface area (Å²) in [6.07, 6.45) is 0. The minimum absolute atomic E-state index is 0.0814. The van der Waals surface area contributed by atoms with Crippen molar-refractivity contribution in [1.29, 1.82) is 0 Å². The van der Waals surface area contributed by atoms with Crippen molar-refractivity contribution in [2.75, 3.05) is 0 Å². The lowest BCUT2D eigenvalue weighted by Gasteiger charge is -1.98. The molecule has 0 atom stereocenters. The summed E-state index contributed by atoms with van der Waals surface area (Å²) in [5.41, 5.74) is 2.74. The highest BCUT2D eigenvalue weighted by atomic mass is 32.1. The monoisotopic (exact) mass is 253 g/mol. The van der Waals surface area contributed by atoms with Gasteiger partial charge in [0, 0.05) is 11.1 Å². The highest BCUT2D eigenvalue weighted by Gasteiger charge is 2.07. The first-order valence-electron chi connectivity index (χ1n) is 5.71. The number of aromatic nitrogens is 1. The maximum absolute atomic E-state index is 11.4. The highest BCUT2D eigenvalue weighted by Crippen LogP contribution is 2.30. The Morgan fingerprint density at radius 2 is 1.94 bits per heavy atom. The Labute approximate surface area is 109 Å². The van der Waals surface area contributed by atoms with Gasteiger partial charge in [-0.25, -0.2) is 4.98 Å². The Bertz CT molecular complexity index is 697. The van der Waals surface area contributed by atoms with Crippen LogP contribution >= 0.6 is 11.3 Å². The highest BCUT2D eigenvalue weighted by molar-refractivity contribution is 7.21. The maximum Gasteiger partial charge on any atom is 0.159 e. The number of ketones is 1. The predicted molar refractivity (Wildman–Crippen MR) is 75.1 cm³/mol. The summed E-state index contributed by atoms with van der Waals surface area (Å²) < 4.78 is 1.17. The van der Waals surface area contributed by atoms with Gasteiger partial charge in [-0.05, 0) is 25.1 Å². The lowest BCUT2D eigenvalue weighted by atomic mass is 10.1. The van der Waals surface area contributed by atoms with Crippen LogP contribution in [0.4, 0.5) is 0 Å². The predicted octanol–water partition coefficient (Wildman–Crippen LogP) is 4.17. The van der Waals surface area contributed by atoms with Crippen molar-refractivity contribution >= 4 is 27.3 Å². The molecule has 0 N–H and O–H groups in total. The number of Topliss-reactive ketones (excluding diaryl/α,β-unsaturated/α-hetero) is 1. The third-order valence-corrected chi connectivity index (χ3v) is 3.90. The van der Waals surface area contributed by atoms with E-state index in [1.807, 2.05) is 42.5 Å². The topological polar surface area (TPSA) is 30.0 Å². The van der Waals surface area contributed by atoms with Crippen molar-refractivity contribution in [2.24, 2.45) is 0 Å². The van der Waals surface area contributed by atoms with Gasteiger partial charge in [-0.1, -0.05) is 30.3 Å². The molecule has 0 aliphatic rings. The molecule has 0 saturated carbocycles. The lowest BCUT2D eigenvalue weighted by molar-refractivity contribution is 0.101. The van der Waals surface area contributed by atoms with Gasteiger partial charge >= 0.3 is 0 Å². The van der Waals surface area contributed by atoms with Gasteiger partial charge in [0.2, 0.25) is 0 Å². The number of hydrogen-bond acceptors (Lipinski definition) is 3. The van der Waals surface area contributed by atoms with E-state index < -0.39 is 0 Å². The maximum atomic E-state index is 11.4. The van der Waals surface area contributed by atoms with Gasteiger partial charge in [0.15, 0.2) is 5.78 Å². The molecular weight excluding hydrogens is 242 g/mol. The van der Waals surface area contributed by atoms with Crippen LogP contribution in [0.15, 0.2) is 48.5 Å². The van der Waals surface area contributed by atoms with E-state index >= 15 is 0 Å². The molecule has 3 heteroatoms. The standard InChI is InChI=1S/C15H11NOS/c1-10(17)11-5-4-6-12(9-11)15-16-13-7-2-3-8-14(13)18-15/h2-9H,1H3. The van der Waals surface area contributed by atoms with E-state index in [1.54, 1.807) is 18.3 Å². The number of carbonyl (C=O) groups excluding carboxylic acids is 1. The SMILES string of the molecule is CC(=O)c1cccc(-c2nc3ccccc3s2)c1. The Morgan fingerprint density at radius 1 is 1.11 bits per heavy atom. The van der Waals surface area contributed by atoms with Gasteiger partial charge in [-0.15, -0.1) is 11.3 Å². The number of carbonyl (C=O) groups is 1. The van der Waals surface area contributed by atoms with E-state index in [0.717, 1.165) is 21.7 Å². The summed E-state index contributed by atoms with van der Waals surface area (Å²) in [6, 6.07) is 15.7. The van der Waals surface area contributed by atoms with Gasteiger partial charge in [-0.3, -0.25) is 4.79 Å². The molecule has 0 bridgehead atoms. The van der Waals surface area contributed by atoms with Gasteiger partial charge < -0.3 is 0 Å². The summed E-state index contributed by atoms with van der Waals surface area (Å²) in [5.74, 6) is 0.0814. The van der Waals surface area contributed by atoms with E-state index in [-0.39, 0.29) is 5.78 Å². The first-order valence-corrected chi connectivity index (χ1v) is 6.52. The summed E-state index contributed by atoms with van der Waals surface area (Å²) in [7, 11) is 0. The van der Waals surface area contributed by atoms with Gasteiger partial charge in [0.05, 0.1) is 10.2 Å². The molecule has 0 radical (unpaired) electrons. The van der Waals surface area contributed by atoms with E-state index in [2.05, 4.69) is 11.1 Å². The minimum atomic E-state index is 0.0814. The second kappa shape index (κ2) is 4.35. The van der Waals surface area contributed by atoms with Crippen molar-refractivity contribution in [1.82, 2.24) is 4.98 Å². The molecule has 2 aromatic carbocycles. The molecule has 0 aliphatic heterocycles. The van der Waals surface area contributed by atoms with Crippen LogP contribution < -0.4 is 0 Å². The van der Waals surface area contributed by atoms with Crippen LogP contribution in [-0.2, 0) is 0 Å². The fraction of sp³-hybridized carbons (Fsp3) is 0.0667. The Hall–Kier alpha value is -2.00. The average Bonchev–Trinajstić information content (AvgIpc) is 2.82. The number of fused-ring (bicyclic) bond motifs is 1. The number of thiazole rings is 1. The molecule has 3 aromatic rings. The van der Waals surface area contributed by atoms with E-state index in [1.165, 1.54) is 4.70 Å². The molecule has 1 aromatic heterocycles. The van der Waals surface area contributed by atoms with E-state index in [9.17, 15) is 4.79 Å².